The summed E-state index contributed by atoms with van der Waals surface area (Å²) in [5.41, 5.74) is 3.96. The van der Waals surface area contributed by atoms with Gasteiger partial charge in [0.15, 0.2) is 5.82 Å². The fraction of sp³-hybridized carbons (Fsp3) is 0.375. The number of nitrogens with zero attached hydrogens (tertiary/aromatic N) is 5. The number of hydrogen-bond donors (Lipinski definition) is 2. The first-order valence-electron chi connectivity index (χ1n) is 10.9. The third-order valence-corrected chi connectivity index (χ3v) is 5.59. The Bertz CT molecular complexity index is 1110. The minimum atomic E-state index is -0.852. The number of rotatable bonds is 4. The molecule has 1 aromatic carbocycles. The highest BCUT2D eigenvalue weighted by molar-refractivity contribution is 5.69. The van der Waals surface area contributed by atoms with E-state index in [1.165, 1.54) is 4.90 Å². The molecule has 1 saturated heterocycles. The molecule has 1 fully saturated rings. The van der Waals surface area contributed by atoms with E-state index in [-0.39, 0.29) is 5.54 Å². The lowest BCUT2D eigenvalue weighted by Crippen LogP contribution is -2.48. The molecule has 0 radical (unpaired) electrons. The van der Waals surface area contributed by atoms with E-state index in [4.69, 9.17) is 10.1 Å². The number of anilines is 3. The van der Waals surface area contributed by atoms with Crippen molar-refractivity contribution in [1.29, 1.82) is 0 Å². The van der Waals surface area contributed by atoms with Gasteiger partial charge in [-0.2, -0.15) is 5.10 Å². The van der Waals surface area contributed by atoms with E-state index in [1.54, 1.807) is 0 Å². The zero-order chi connectivity index (χ0) is 22.9. The highest BCUT2D eigenvalue weighted by atomic mass is 16.4. The van der Waals surface area contributed by atoms with Crippen LogP contribution in [0, 0.1) is 6.92 Å². The molecule has 0 unspecified atom stereocenters. The summed E-state index contributed by atoms with van der Waals surface area (Å²) in [5.74, 6) is 1.51. The molecule has 3 heterocycles. The zero-order valence-corrected chi connectivity index (χ0v) is 19.0. The van der Waals surface area contributed by atoms with Gasteiger partial charge in [0, 0.05) is 49.2 Å². The van der Waals surface area contributed by atoms with Crippen molar-refractivity contribution < 1.29 is 9.90 Å². The van der Waals surface area contributed by atoms with Gasteiger partial charge in [-0.3, -0.25) is 4.68 Å². The van der Waals surface area contributed by atoms with Gasteiger partial charge in [0.1, 0.15) is 5.82 Å². The SMILES string of the molecule is Cc1cc(Nc2cccc(-c3cccc(N4CCN(C(=O)O)CC4)c3)n2)nn1C(C)(C)C. The molecule has 3 aromatic rings. The molecular weight excluding hydrogens is 404 g/mol. The van der Waals surface area contributed by atoms with Crippen LogP contribution in [0.5, 0.6) is 0 Å². The molecule has 2 N–H and O–H groups in total. The highest BCUT2D eigenvalue weighted by Crippen LogP contribution is 2.26. The fourth-order valence-corrected chi connectivity index (χ4v) is 4.03. The largest absolute Gasteiger partial charge is 0.465 e. The van der Waals surface area contributed by atoms with Crippen LogP contribution in [0.1, 0.15) is 26.5 Å². The summed E-state index contributed by atoms with van der Waals surface area (Å²) >= 11 is 0. The van der Waals surface area contributed by atoms with Crippen molar-refractivity contribution in [3.8, 4) is 11.3 Å². The Morgan fingerprint density at radius 1 is 1.00 bits per heavy atom. The van der Waals surface area contributed by atoms with Gasteiger partial charge >= 0.3 is 6.09 Å². The van der Waals surface area contributed by atoms with Crippen molar-refractivity contribution >= 4 is 23.4 Å². The van der Waals surface area contributed by atoms with Crippen LogP contribution in [0.25, 0.3) is 11.3 Å². The van der Waals surface area contributed by atoms with Gasteiger partial charge in [0.05, 0.1) is 11.2 Å². The van der Waals surface area contributed by atoms with Gasteiger partial charge in [-0.15, -0.1) is 0 Å². The summed E-state index contributed by atoms with van der Waals surface area (Å²) < 4.78 is 2.01. The maximum atomic E-state index is 11.2. The Labute approximate surface area is 188 Å². The normalized spacial score (nSPS) is 14.5. The van der Waals surface area contributed by atoms with E-state index in [2.05, 4.69) is 55.1 Å². The molecule has 1 aliphatic heterocycles. The molecule has 4 rings (SSSR count). The lowest BCUT2D eigenvalue weighted by molar-refractivity contribution is 0.142. The van der Waals surface area contributed by atoms with Gasteiger partial charge in [-0.1, -0.05) is 18.2 Å². The Balaban J connectivity index is 1.52. The van der Waals surface area contributed by atoms with Crippen LogP contribution in [-0.2, 0) is 5.54 Å². The predicted molar refractivity (Wildman–Crippen MR) is 127 cm³/mol. The minimum Gasteiger partial charge on any atom is -0.465 e. The molecule has 0 spiro atoms. The summed E-state index contributed by atoms with van der Waals surface area (Å²) in [6, 6.07) is 16.2. The van der Waals surface area contributed by atoms with E-state index < -0.39 is 6.09 Å². The molecular formula is C24H30N6O2. The standard InChI is InChI=1S/C24H30N6O2/c1-17-15-22(27-30(17)24(2,3)4)26-21-10-6-9-20(25-21)18-7-5-8-19(16-18)28-11-13-29(14-12-28)23(31)32/h5-10,15-16H,11-14H2,1-4H3,(H,31,32)(H,25,26,27). The van der Waals surface area contributed by atoms with Gasteiger partial charge in [-0.05, 0) is 52.0 Å². The van der Waals surface area contributed by atoms with Crippen molar-refractivity contribution in [2.45, 2.75) is 33.2 Å². The topological polar surface area (TPSA) is 86.5 Å². The molecule has 1 aliphatic rings. The molecule has 1 amide bonds. The number of aryl methyl sites for hydroxylation is 1. The van der Waals surface area contributed by atoms with E-state index in [0.29, 0.717) is 26.2 Å². The van der Waals surface area contributed by atoms with E-state index >= 15 is 0 Å². The Morgan fingerprint density at radius 3 is 2.38 bits per heavy atom. The number of benzene rings is 1. The number of aromatic nitrogens is 3. The minimum absolute atomic E-state index is 0.0876. The Morgan fingerprint density at radius 2 is 1.72 bits per heavy atom. The van der Waals surface area contributed by atoms with Crippen LogP contribution in [0.2, 0.25) is 0 Å². The van der Waals surface area contributed by atoms with Crippen LogP contribution < -0.4 is 10.2 Å². The summed E-state index contributed by atoms with van der Waals surface area (Å²) in [4.78, 5) is 19.6. The smallest absolute Gasteiger partial charge is 0.407 e. The van der Waals surface area contributed by atoms with Gasteiger partial charge < -0.3 is 20.2 Å². The lowest BCUT2D eigenvalue weighted by Gasteiger charge is -2.34. The molecule has 0 atom stereocenters. The predicted octanol–water partition coefficient (Wildman–Crippen LogP) is 4.55. The van der Waals surface area contributed by atoms with Gasteiger partial charge in [-0.25, -0.2) is 9.78 Å². The van der Waals surface area contributed by atoms with Crippen LogP contribution in [0.4, 0.5) is 22.1 Å². The summed E-state index contributed by atoms with van der Waals surface area (Å²) in [6.45, 7) is 10.8. The van der Waals surface area contributed by atoms with E-state index in [1.807, 2.05) is 41.1 Å². The first-order valence-corrected chi connectivity index (χ1v) is 10.9. The van der Waals surface area contributed by atoms with Crippen molar-refractivity contribution in [2.24, 2.45) is 0 Å². The number of carbonyl (C=O) groups is 1. The number of hydrogen-bond acceptors (Lipinski definition) is 5. The second-order valence-electron chi connectivity index (χ2n) is 9.09. The third kappa shape index (κ3) is 4.69. The number of carboxylic acid groups (broad SMARTS) is 1. The monoisotopic (exact) mass is 434 g/mol. The van der Waals surface area contributed by atoms with E-state index in [0.717, 1.165) is 34.3 Å². The van der Waals surface area contributed by atoms with Crippen molar-refractivity contribution in [3.63, 3.8) is 0 Å². The quantitative estimate of drug-likeness (QED) is 0.626. The second kappa shape index (κ2) is 8.53. The van der Waals surface area contributed by atoms with E-state index in [9.17, 15) is 4.79 Å². The number of piperazine rings is 1. The average molecular weight is 435 g/mol. The molecule has 32 heavy (non-hydrogen) atoms. The fourth-order valence-electron chi connectivity index (χ4n) is 4.03. The molecule has 2 aromatic heterocycles. The Hall–Kier alpha value is -3.55. The van der Waals surface area contributed by atoms with Crippen molar-refractivity contribution in [2.75, 3.05) is 36.4 Å². The van der Waals surface area contributed by atoms with Crippen LogP contribution in [0.3, 0.4) is 0 Å². The lowest BCUT2D eigenvalue weighted by atomic mass is 10.1. The molecule has 8 nitrogen and oxygen atoms in total. The van der Waals surface area contributed by atoms with Gasteiger partial charge in [0.2, 0.25) is 0 Å². The first kappa shape index (κ1) is 21.7. The molecule has 0 bridgehead atoms. The maximum Gasteiger partial charge on any atom is 0.407 e. The Kier molecular flexibility index (Phi) is 5.78. The maximum absolute atomic E-state index is 11.2. The number of pyridine rings is 1. The van der Waals surface area contributed by atoms with Crippen LogP contribution >= 0.6 is 0 Å². The zero-order valence-electron chi connectivity index (χ0n) is 19.0. The van der Waals surface area contributed by atoms with Crippen molar-refractivity contribution in [3.05, 3.63) is 54.2 Å². The molecule has 0 saturated carbocycles. The highest BCUT2D eigenvalue weighted by Gasteiger charge is 2.21. The van der Waals surface area contributed by atoms with Crippen LogP contribution in [0.15, 0.2) is 48.5 Å². The average Bonchev–Trinajstić information content (AvgIpc) is 3.14. The summed E-state index contributed by atoms with van der Waals surface area (Å²) in [7, 11) is 0. The number of nitrogens with one attached hydrogen (secondary N) is 1. The van der Waals surface area contributed by atoms with Gasteiger partial charge in [0.25, 0.3) is 0 Å². The summed E-state index contributed by atoms with van der Waals surface area (Å²) in [5, 5.41) is 17.2. The summed E-state index contributed by atoms with van der Waals surface area (Å²) in [6.07, 6.45) is -0.852. The third-order valence-electron chi connectivity index (χ3n) is 5.59. The molecule has 168 valence electrons. The molecule has 0 aliphatic carbocycles. The van der Waals surface area contributed by atoms with Crippen LogP contribution in [-0.4, -0.2) is 57.0 Å². The first-order chi connectivity index (χ1) is 15.2. The molecule has 8 heteroatoms. The number of amides is 1. The van der Waals surface area contributed by atoms with Crippen molar-refractivity contribution in [1.82, 2.24) is 19.7 Å². The second-order valence-corrected chi connectivity index (χ2v) is 9.09.